The van der Waals surface area contributed by atoms with Gasteiger partial charge < -0.3 is 19.9 Å². The number of ether oxygens (including phenoxy) is 1. The van der Waals surface area contributed by atoms with Gasteiger partial charge in [0.05, 0.1) is 12.8 Å². The number of H-pyrrole nitrogens is 1. The Morgan fingerprint density at radius 3 is 2.00 bits per heavy atom. The van der Waals surface area contributed by atoms with Crippen LogP contribution in [0.2, 0.25) is 0 Å². The quantitative estimate of drug-likeness (QED) is 0.0992. The molecule has 2 heterocycles. The third kappa shape index (κ3) is 5.58. The Morgan fingerprint density at radius 2 is 1.51 bits per heavy atom. The van der Waals surface area contributed by atoms with E-state index in [-0.39, 0.29) is 18.3 Å². The predicted molar refractivity (Wildman–Crippen MR) is 152 cm³/mol. The first-order valence-electron chi connectivity index (χ1n) is 12.4. The first-order valence-corrected chi connectivity index (χ1v) is 13.3. The molecule has 0 atom stereocenters. The van der Waals surface area contributed by atoms with Gasteiger partial charge in [-0.15, -0.1) is 11.3 Å². The van der Waals surface area contributed by atoms with E-state index >= 15 is 0 Å². The van der Waals surface area contributed by atoms with Crippen molar-refractivity contribution in [3.05, 3.63) is 131 Å². The van der Waals surface area contributed by atoms with Crippen molar-refractivity contribution in [2.24, 2.45) is 5.16 Å². The third-order valence-corrected chi connectivity index (χ3v) is 6.79. The van der Waals surface area contributed by atoms with Crippen LogP contribution in [0.1, 0.15) is 35.0 Å². The Kier molecular flexibility index (Phi) is 7.79. The lowest BCUT2D eigenvalue weighted by molar-refractivity contribution is -0.135. The molecule has 0 amide bonds. The number of benzene rings is 3. The van der Waals surface area contributed by atoms with Crippen molar-refractivity contribution >= 4 is 28.1 Å². The first-order chi connectivity index (χ1) is 19.1. The van der Waals surface area contributed by atoms with Crippen LogP contribution in [-0.2, 0) is 15.1 Å². The molecule has 196 valence electrons. The van der Waals surface area contributed by atoms with Gasteiger partial charge in [0.15, 0.2) is 5.13 Å². The number of hydrogen-bond acceptors (Lipinski definition) is 8. The van der Waals surface area contributed by atoms with Gasteiger partial charge in [0.2, 0.25) is 5.71 Å². The van der Waals surface area contributed by atoms with Crippen molar-refractivity contribution in [3.8, 4) is 6.01 Å². The second kappa shape index (κ2) is 11.7. The fourth-order valence-electron chi connectivity index (χ4n) is 4.29. The number of nitrogens with zero attached hydrogens (tertiary/aromatic N) is 3. The van der Waals surface area contributed by atoms with Crippen LogP contribution in [-0.4, -0.2) is 33.2 Å². The average molecular weight is 538 g/mol. The zero-order valence-electron chi connectivity index (χ0n) is 21.5. The van der Waals surface area contributed by atoms with Crippen LogP contribution >= 0.6 is 11.3 Å². The number of esters is 1. The summed E-state index contributed by atoms with van der Waals surface area (Å²) in [5, 5.41) is 10.1. The number of carbonyl (C=O) groups excluding carboxylic acids is 1. The molecule has 0 saturated heterocycles. The number of aryl methyl sites for hydroxylation is 1. The van der Waals surface area contributed by atoms with Gasteiger partial charge in [-0.25, -0.2) is 14.8 Å². The van der Waals surface area contributed by atoms with Crippen molar-refractivity contribution in [1.29, 1.82) is 0 Å². The summed E-state index contributed by atoms with van der Waals surface area (Å²) >= 11 is 1.36. The predicted octanol–water partition coefficient (Wildman–Crippen LogP) is 5.92. The zero-order chi connectivity index (χ0) is 27.1. The first kappa shape index (κ1) is 25.9. The van der Waals surface area contributed by atoms with E-state index in [0.29, 0.717) is 10.8 Å². The van der Waals surface area contributed by atoms with E-state index in [1.165, 1.54) is 11.3 Å². The highest BCUT2D eigenvalue weighted by Crippen LogP contribution is 2.40. The molecule has 0 aliphatic carbocycles. The maximum Gasteiger partial charge on any atom is 0.362 e. The number of hydrogen-bond donors (Lipinski definition) is 2. The largest absolute Gasteiger partial charge is 0.461 e. The topological polar surface area (TPSA) is 101 Å². The highest BCUT2D eigenvalue weighted by Gasteiger charge is 2.37. The second-order valence-electron chi connectivity index (χ2n) is 8.63. The smallest absolute Gasteiger partial charge is 0.362 e. The molecule has 9 heteroatoms. The fourth-order valence-corrected chi connectivity index (χ4v) is 5.04. The Labute approximate surface area is 230 Å². The Balaban J connectivity index is 1.58. The minimum atomic E-state index is -0.762. The van der Waals surface area contributed by atoms with Gasteiger partial charge in [0.25, 0.3) is 0 Å². The number of anilines is 1. The average Bonchev–Trinajstić information content (AvgIpc) is 3.62. The molecule has 0 radical (unpaired) electrons. The number of thiazole rings is 1. The highest BCUT2D eigenvalue weighted by atomic mass is 32.1. The van der Waals surface area contributed by atoms with Gasteiger partial charge in [-0.05, 0) is 30.5 Å². The van der Waals surface area contributed by atoms with Crippen LogP contribution in [0.3, 0.4) is 0 Å². The summed E-state index contributed by atoms with van der Waals surface area (Å²) in [4.78, 5) is 30.0. The van der Waals surface area contributed by atoms with E-state index in [9.17, 15) is 4.79 Å². The molecule has 8 nitrogen and oxygen atoms in total. The molecule has 2 aromatic heterocycles. The summed E-state index contributed by atoms with van der Waals surface area (Å²) in [6.45, 7) is 3.76. The Hall–Kier alpha value is -4.76. The lowest BCUT2D eigenvalue weighted by Crippen LogP contribution is -2.38. The van der Waals surface area contributed by atoms with Gasteiger partial charge in [0, 0.05) is 11.1 Å². The van der Waals surface area contributed by atoms with Crippen LogP contribution in [0, 0.1) is 6.92 Å². The summed E-state index contributed by atoms with van der Waals surface area (Å²) in [5.74, 6) is -0.641. The number of imidazole rings is 1. The number of rotatable bonds is 10. The molecule has 0 spiro atoms. The van der Waals surface area contributed by atoms with Crippen LogP contribution < -0.4 is 10.2 Å². The lowest BCUT2D eigenvalue weighted by atomic mass is 9.77. The SMILES string of the molecule is CCOC(=O)/C(=N\Oc1ncc(C)[nH]1)c1csc(NC(c2ccccc2)(c2ccccc2)c2ccccc2)n1. The summed E-state index contributed by atoms with van der Waals surface area (Å²) < 4.78 is 5.23. The van der Waals surface area contributed by atoms with Gasteiger partial charge in [-0.1, -0.05) is 96.2 Å². The van der Waals surface area contributed by atoms with E-state index in [0.717, 1.165) is 22.4 Å². The maximum absolute atomic E-state index is 12.8. The minimum absolute atomic E-state index is 0.0556. The second-order valence-corrected chi connectivity index (χ2v) is 9.49. The molecular weight excluding hydrogens is 510 g/mol. The fraction of sp³-hybridized carbons (Fsp3) is 0.133. The van der Waals surface area contributed by atoms with Gasteiger partial charge in [0.1, 0.15) is 11.2 Å². The standard InChI is InChI=1S/C30H27N5O3S/c1-3-37-27(36)26(35-38-28-31-19-21(2)32-28)25-20-39-29(33-25)34-30(22-13-7-4-8-14-22,23-15-9-5-10-16-23)24-17-11-6-12-18-24/h4-20H,3H2,1-2H3,(H,31,32)(H,33,34)/b35-26-. The number of oxime groups is 1. The Morgan fingerprint density at radius 1 is 0.949 bits per heavy atom. The highest BCUT2D eigenvalue weighted by molar-refractivity contribution is 7.14. The molecule has 0 saturated carbocycles. The minimum Gasteiger partial charge on any atom is -0.461 e. The number of carbonyl (C=O) groups is 1. The van der Waals surface area contributed by atoms with E-state index in [1.54, 1.807) is 18.5 Å². The monoisotopic (exact) mass is 537 g/mol. The van der Waals surface area contributed by atoms with Gasteiger partial charge >= 0.3 is 12.0 Å². The maximum atomic E-state index is 12.8. The molecule has 5 aromatic rings. The summed E-state index contributed by atoms with van der Waals surface area (Å²) in [5.41, 5.74) is 3.42. The van der Waals surface area contributed by atoms with Gasteiger partial charge in [-0.2, -0.15) is 0 Å². The van der Waals surface area contributed by atoms with E-state index in [2.05, 4.69) is 56.8 Å². The van der Waals surface area contributed by atoms with Crippen LogP contribution in [0.25, 0.3) is 0 Å². The lowest BCUT2D eigenvalue weighted by Gasteiger charge is -2.36. The summed E-state index contributed by atoms with van der Waals surface area (Å²) in [6, 6.07) is 30.8. The van der Waals surface area contributed by atoms with E-state index < -0.39 is 11.5 Å². The van der Waals surface area contributed by atoms with Crippen molar-refractivity contribution in [2.45, 2.75) is 19.4 Å². The zero-order valence-corrected chi connectivity index (χ0v) is 22.3. The van der Waals surface area contributed by atoms with Crippen molar-refractivity contribution in [1.82, 2.24) is 15.0 Å². The Bertz CT molecular complexity index is 1450. The summed E-state index contributed by atoms with van der Waals surface area (Å²) in [7, 11) is 0. The van der Waals surface area contributed by atoms with Gasteiger partial charge in [-0.3, -0.25) is 0 Å². The molecule has 3 aromatic carbocycles. The number of aromatic amines is 1. The molecular formula is C30H27N5O3S. The molecule has 0 bridgehead atoms. The molecule has 5 rings (SSSR count). The van der Waals surface area contributed by atoms with Crippen LogP contribution in [0.4, 0.5) is 5.13 Å². The van der Waals surface area contributed by atoms with E-state index in [4.69, 9.17) is 14.6 Å². The van der Waals surface area contributed by atoms with Crippen LogP contribution in [0.5, 0.6) is 6.01 Å². The molecule has 0 aliphatic heterocycles. The molecule has 0 unspecified atom stereocenters. The van der Waals surface area contributed by atoms with Crippen molar-refractivity contribution in [2.75, 3.05) is 11.9 Å². The molecule has 2 N–H and O–H groups in total. The van der Waals surface area contributed by atoms with Crippen LogP contribution in [0.15, 0.2) is 108 Å². The van der Waals surface area contributed by atoms with Crippen molar-refractivity contribution in [3.63, 3.8) is 0 Å². The van der Waals surface area contributed by atoms with Crippen molar-refractivity contribution < 1.29 is 14.4 Å². The summed E-state index contributed by atoms with van der Waals surface area (Å²) in [6.07, 6.45) is 1.61. The third-order valence-electron chi connectivity index (χ3n) is 6.03. The number of aromatic nitrogens is 3. The molecule has 39 heavy (non-hydrogen) atoms. The van der Waals surface area contributed by atoms with E-state index in [1.807, 2.05) is 61.5 Å². The normalized spacial score (nSPS) is 11.7. The number of nitrogens with one attached hydrogen (secondary N) is 2. The molecule has 0 aliphatic rings. The molecule has 0 fully saturated rings.